The number of hydrogen-bond donors (Lipinski definition) is 2. The van der Waals surface area contributed by atoms with Crippen LogP contribution >= 0.6 is 0 Å². The fourth-order valence-electron chi connectivity index (χ4n) is 3.06. The summed E-state index contributed by atoms with van der Waals surface area (Å²) in [7, 11) is -3.63. The molecule has 0 spiro atoms. The highest BCUT2D eigenvalue weighted by atomic mass is 32.2. The third kappa shape index (κ3) is 4.53. The van der Waals surface area contributed by atoms with Crippen LogP contribution in [0.1, 0.15) is 57.6 Å². The van der Waals surface area contributed by atoms with Gasteiger partial charge in [-0.05, 0) is 42.9 Å². The lowest BCUT2D eigenvalue weighted by Crippen LogP contribution is -2.35. The minimum absolute atomic E-state index is 0.116. The predicted octanol–water partition coefficient (Wildman–Crippen LogP) is 2.96. The quantitative estimate of drug-likeness (QED) is 0.878. The second-order valence-electron chi connectivity index (χ2n) is 6.59. The topological polar surface area (TPSA) is 72.2 Å². The van der Waals surface area contributed by atoms with Crippen LogP contribution in [-0.4, -0.2) is 15.0 Å². The van der Waals surface area contributed by atoms with Crippen LogP contribution in [-0.2, 0) is 10.0 Å². The van der Waals surface area contributed by atoms with Gasteiger partial charge in [-0.3, -0.25) is 0 Å². The van der Waals surface area contributed by atoms with Crippen LogP contribution in [0.5, 0.6) is 0 Å². The van der Waals surface area contributed by atoms with Crippen molar-refractivity contribution in [3.05, 3.63) is 29.8 Å². The molecule has 3 N–H and O–H groups in total. The van der Waals surface area contributed by atoms with Crippen molar-refractivity contribution in [2.45, 2.75) is 56.9 Å². The van der Waals surface area contributed by atoms with Crippen molar-refractivity contribution in [3.63, 3.8) is 0 Å². The van der Waals surface area contributed by atoms with E-state index in [2.05, 4.69) is 19.2 Å². The summed E-state index contributed by atoms with van der Waals surface area (Å²) >= 11 is 0. The predicted molar refractivity (Wildman–Crippen MR) is 85.4 cm³/mol. The van der Waals surface area contributed by atoms with E-state index in [1.807, 2.05) is 6.07 Å². The van der Waals surface area contributed by atoms with Crippen molar-refractivity contribution >= 4 is 10.0 Å². The third-order valence-corrected chi connectivity index (χ3v) is 5.49. The van der Waals surface area contributed by atoms with Gasteiger partial charge in [0.1, 0.15) is 0 Å². The summed E-state index contributed by atoms with van der Waals surface area (Å²) in [5.74, 6) is 0. The van der Waals surface area contributed by atoms with Gasteiger partial charge in [-0.25, -0.2) is 13.6 Å². The number of benzene rings is 1. The molecule has 0 heterocycles. The van der Waals surface area contributed by atoms with E-state index in [4.69, 9.17) is 5.14 Å². The Kier molecular flexibility index (Phi) is 5.07. The van der Waals surface area contributed by atoms with Crippen molar-refractivity contribution < 1.29 is 8.42 Å². The van der Waals surface area contributed by atoms with Gasteiger partial charge in [0.2, 0.25) is 10.0 Å². The van der Waals surface area contributed by atoms with E-state index in [1.165, 1.54) is 38.2 Å². The van der Waals surface area contributed by atoms with Crippen LogP contribution < -0.4 is 10.5 Å². The average Bonchev–Trinajstić information content (AvgIpc) is 2.45. The molecule has 1 aliphatic carbocycles. The third-order valence-electron chi connectivity index (χ3n) is 4.58. The summed E-state index contributed by atoms with van der Waals surface area (Å²) in [4.78, 5) is 0.178. The largest absolute Gasteiger partial charge is 0.310 e. The molecule has 0 amide bonds. The molecule has 118 valence electrons. The molecular weight excluding hydrogens is 284 g/mol. The Morgan fingerprint density at radius 3 is 2.57 bits per heavy atom. The van der Waals surface area contributed by atoms with E-state index >= 15 is 0 Å². The van der Waals surface area contributed by atoms with Crippen molar-refractivity contribution in [2.24, 2.45) is 10.6 Å². The van der Waals surface area contributed by atoms with Gasteiger partial charge in [0.05, 0.1) is 4.90 Å². The Morgan fingerprint density at radius 2 is 1.95 bits per heavy atom. The van der Waals surface area contributed by atoms with Crippen molar-refractivity contribution in [3.8, 4) is 0 Å². The van der Waals surface area contributed by atoms with Crippen molar-refractivity contribution in [2.75, 3.05) is 6.54 Å². The first-order chi connectivity index (χ1) is 9.80. The molecule has 21 heavy (non-hydrogen) atoms. The van der Waals surface area contributed by atoms with Gasteiger partial charge in [0, 0.05) is 12.6 Å². The molecule has 1 atom stereocenters. The Morgan fingerprint density at radius 1 is 1.29 bits per heavy atom. The smallest absolute Gasteiger partial charge is 0.238 e. The summed E-state index contributed by atoms with van der Waals surface area (Å²) in [5, 5.41) is 8.74. The first-order valence-corrected chi connectivity index (χ1v) is 9.21. The zero-order valence-corrected chi connectivity index (χ0v) is 13.7. The van der Waals surface area contributed by atoms with E-state index in [0.29, 0.717) is 5.41 Å². The van der Waals surface area contributed by atoms with Crippen LogP contribution in [0, 0.1) is 5.41 Å². The zero-order chi connectivity index (χ0) is 15.5. The minimum Gasteiger partial charge on any atom is -0.310 e. The first kappa shape index (κ1) is 16.5. The van der Waals surface area contributed by atoms with Gasteiger partial charge < -0.3 is 5.32 Å². The highest BCUT2D eigenvalue weighted by Gasteiger charge is 2.27. The second-order valence-corrected chi connectivity index (χ2v) is 8.15. The Bertz CT molecular complexity index is 578. The minimum atomic E-state index is -3.63. The van der Waals surface area contributed by atoms with E-state index in [-0.39, 0.29) is 10.9 Å². The van der Waals surface area contributed by atoms with Gasteiger partial charge in [0.25, 0.3) is 0 Å². The fourth-order valence-corrected chi connectivity index (χ4v) is 3.63. The first-order valence-electron chi connectivity index (χ1n) is 7.66. The SMILES string of the molecule is CC(NCC1(C)CCCCC1)c1cccc(S(N)(=O)=O)c1. The highest BCUT2D eigenvalue weighted by Crippen LogP contribution is 2.35. The normalized spacial score (nSPS) is 20.1. The van der Waals surface area contributed by atoms with Gasteiger partial charge in [-0.2, -0.15) is 0 Å². The zero-order valence-electron chi connectivity index (χ0n) is 12.9. The van der Waals surface area contributed by atoms with E-state index < -0.39 is 10.0 Å². The van der Waals surface area contributed by atoms with Gasteiger partial charge >= 0.3 is 0 Å². The molecule has 1 saturated carbocycles. The van der Waals surface area contributed by atoms with E-state index in [9.17, 15) is 8.42 Å². The molecule has 0 saturated heterocycles. The summed E-state index contributed by atoms with van der Waals surface area (Å²) in [5.41, 5.74) is 1.32. The maximum atomic E-state index is 11.4. The second kappa shape index (κ2) is 6.46. The molecule has 4 nitrogen and oxygen atoms in total. The number of hydrogen-bond acceptors (Lipinski definition) is 3. The summed E-state index contributed by atoms with van der Waals surface area (Å²) in [6.07, 6.45) is 6.51. The van der Waals surface area contributed by atoms with Crippen LogP contribution in [0.15, 0.2) is 29.2 Å². The number of rotatable bonds is 5. The van der Waals surface area contributed by atoms with Crippen LogP contribution in [0.4, 0.5) is 0 Å². The Labute approximate surface area is 128 Å². The number of sulfonamides is 1. The Balaban J connectivity index is 2.02. The molecule has 2 rings (SSSR count). The summed E-state index contributed by atoms with van der Waals surface area (Å²) < 4.78 is 22.8. The van der Waals surface area contributed by atoms with Crippen LogP contribution in [0.2, 0.25) is 0 Å². The molecule has 0 bridgehead atoms. The maximum Gasteiger partial charge on any atom is 0.238 e. The molecule has 1 unspecified atom stereocenters. The van der Waals surface area contributed by atoms with Crippen molar-refractivity contribution in [1.29, 1.82) is 0 Å². The molecule has 1 aromatic rings. The number of primary sulfonamides is 1. The van der Waals surface area contributed by atoms with Crippen LogP contribution in [0.25, 0.3) is 0 Å². The lowest BCUT2D eigenvalue weighted by Gasteiger charge is -2.35. The number of nitrogens with one attached hydrogen (secondary N) is 1. The lowest BCUT2D eigenvalue weighted by molar-refractivity contribution is 0.202. The molecule has 1 aliphatic rings. The molecule has 5 heteroatoms. The molecule has 0 aromatic heterocycles. The fraction of sp³-hybridized carbons (Fsp3) is 0.625. The van der Waals surface area contributed by atoms with E-state index in [1.54, 1.807) is 12.1 Å². The summed E-state index contributed by atoms with van der Waals surface area (Å²) in [6, 6.07) is 7.00. The number of nitrogens with two attached hydrogens (primary N) is 1. The maximum absolute atomic E-state index is 11.4. The van der Waals surface area contributed by atoms with E-state index in [0.717, 1.165) is 12.1 Å². The van der Waals surface area contributed by atoms with Crippen molar-refractivity contribution in [1.82, 2.24) is 5.32 Å². The lowest BCUT2D eigenvalue weighted by atomic mass is 9.75. The molecule has 0 radical (unpaired) electrons. The molecule has 0 aliphatic heterocycles. The van der Waals surface area contributed by atoms with Gasteiger partial charge in [-0.15, -0.1) is 0 Å². The standard InChI is InChI=1S/C16H26N2O2S/c1-13(18-12-16(2)9-4-3-5-10-16)14-7-6-8-15(11-14)21(17,19)20/h6-8,11,13,18H,3-5,9-10,12H2,1-2H3,(H2,17,19,20). The van der Waals surface area contributed by atoms with Gasteiger partial charge in [0.15, 0.2) is 0 Å². The van der Waals surface area contributed by atoms with Gasteiger partial charge in [-0.1, -0.05) is 38.3 Å². The average molecular weight is 310 g/mol. The molecular formula is C16H26N2O2S. The monoisotopic (exact) mass is 310 g/mol. The molecule has 1 fully saturated rings. The Hall–Kier alpha value is -0.910. The molecule has 1 aromatic carbocycles. The highest BCUT2D eigenvalue weighted by molar-refractivity contribution is 7.89. The van der Waals surface area contributed by atoms with Crippen LogP contribution in [0.3, 0.4) is 0 Å². The summed E-state index contributed by atoms with van der Waals surface area (Å²) in [6.45, 7) is 5.37.